The standard InChI is InChI=1S/C44H75NO7/c1-15-37(5,6)52-36(48)45(14)34(26(2)3)35(47)51-31-19-21-44-25-43(44)23-22-40(11)33(27(4)29-16-17-32(50-29)39(9,10)49)28(46)24-41(40,12)30(43)18-20-42(44,13)38(31,7)8/h26-34,46,49H,15-25H2,1-14H3/t27-,28-,29?,30?,31?,32-,33?,34-,40+,41-,42-,43?,44?/m0/s1. The zero-order valence-corrected chi connectivity index (χ0v) is 35.4. The van der Waals surface area contributed by atoms with E-state index in [0.717, 1.165) is 51.4 Å². The van der Waals surface area contributed by atoms with Crippen LogP contribution in [-0.2, 0) is 19.0 Å². The van der Waals surface area contributed by atoms with Crippen LogP contribution in [0.1, 0.15) is 161 Å². The van der Waals surface area contributed by atoms with E-state index in [1.54, 1.807) is 7.05 Å². The second-order valence-electron chi connectivity index (χ2n) is 21.7. The molecule has 0 aromatic rings. The minimum atomic E-state index is -0.856. The number of likely N-dealkylation sites (N-methyl/N-ethyl adjacent to an activating group) is 1. The highest BCUT2D eigenvalue weighted by molar-refractivity contribution is 5.82. The van der Waals surface area contributed by atoms with Crippen molar-refractivity contribution in [2.75, 3.05) is 7.05 Å². The molecule has 0 radical (unpaired) electrons. The van der Waals surface area contributed by atoms with Crippen molar-refractivity contribution in [1.29, 1.82) is 0 Å². The normalized spacial score (nSPS) is 44.9. The molecule has 2 spiro atoms. The molecule has 6 fully saturated rings. The maximum absolute atomic E-state index is 14.1. The Labute approximate surface area is 315 Å². The lowest BCUT2D eigenvalue weighted by Gasteiger charge is -2.67. The lowest BCUT2D eigenvalue weighted by atomic mass is 9.38. The molecule has 6 aliphatic rings. The Kier molecular flexibility index (Phi) is 9.73. The van der Waals surface area contributed by atoms with E-state index in [2.05, 4.69) is 41.5 Å². The molecule has 13 atom stereocenters. The van der Waals surface area contributed by atoms with Gasteiger partial charge in [-0.25, -0.2) is 9.59 Å². The summed E-state index contributed by atoms with van der Waals surface area (Å²) >= 11 is 0. The van der Waals surface area contributed by atoms with E-state index in [9.17, 15) is 19.8 Å². The highest BCUT2D eigenvalue weighted by atomic mass is 16.6. The third-order valence-electron chi connectivity index (χ3n) is 18.2. The number of esters is 1. The largest absolute Gasteiger partial charge is 0.460 e. The second-order valence-corrected chi connectivity index (χ2v) is 21.7. The molecule has 1 amide bonds. The minimum absolute atomic E-state index is 0.000812. The molecule has 6 unspecified atom stereocenters. The fraction of sp³-hybridized carbons (Fsp3) is 0.955. The number of aliphatic hydroxyl groups is 2. The van der Waals surface area contributed by atoms with Gasteiger partial charge in [-0.3, -0.25) is 4.90 Å². The monoisotopic (exact) mass is 730 g/mol. The number of fused-ring (bicyclic) bond motifs is 2. The van der Waals surface area contributed by atoms with E-state index in [1.165, 1.54) is 17.7 Å². The van der Waals surface area contributed by atoms with Gasteiger partial charge in [0.05, 0.1) is 23.9 Å². The predicted molar refractivity (Wildman–Crippen MR) is 203 cm³/mol. The number of hydrogen-bond acceptors (Lipinski definition) is 7. The number of rotatable bonds is 9. The van der Waals surface area contributed by atoms with Gasteiger partial charge >= 0.3 is 12.1 Å². The molecule has 0 aromatic heterocycles. The smallest absolute Gasteiger partial charge is 0.410 e. The summed E-state index contributed by atoms with van der Waals surface area (Å²) in [5, 5.41) is 22.7. The van der Waals surface area contributed by atoms with Crippen molar-refractivity contribution < 1.29 is 34.0 Å². The summed E-state index contributed by atoms with van der Waals surface area (Å²) in [6, 6.07) is -0.724. The zero-order chi connectivity index (χ0) is 38.8. The first kappa shape index (κ1) is 40.3. The Morgan fingerprint density at radius 2 is 1.58 bits per heavy atom. The van der Waals surface area contributed by atoms with E-state index in [-0.39, 0.29) is 80.6 Å². The van der Waals surface area contributed by atoms with E-state index in [4.69, 9.17) is 14.2 Å². The van der Waals surface area contributed by atoms with E-state index >= 15 is 0 Å². The van der Waals surface area contributed by atoms with Crippen molar-refractivity contribution in [1.82, 2.24) is 4.90 Å². The van der Waals surface area contributed by atoms with Crippen LogP contribution in [0.25, 0.3) is 0 Å². The number of nitrogens with zero attached hydrogens (tertiary/aromatic N) is 1. The molecule has 5 aliphatic carbocycles. The quantitative estimate of drug-likeness (QED) is 0.228. The van der Waals surface area contributed by atoms with Crippen molar-refractivity contribution in [2.45, 2.75) is 202 Å². The summed E-state index contributed by atoms with van der Waals surface area (Å²) in [7, 11) is 1.66. The average molecular weight is 730 g/mol. The summed E-state index contributed by atoms with van der Waals surface area (Å²) in [5.41, 5.74) is -1.21. The summed E-state index contributed by atoms with van der Waals surface area (Å²) in [4.78, 5) is 28.7. The topological polar surface area (TPSA) is 106 Å². The van der Waals surface area contributed by atoms with Crippen molar-refractivity contribution in [3.63, 3.8) is 0 Å². The molecule has 8 heteroatoms. The fourth-order valence-electron chi connectivity index (χ4n) is 14.3. The van der Waals surface area contributed by atoms with Gasteiger partial charge in [0, 0.05) is 12.5 Å². The molecule has 298 valence electrons. The Morgan fingerprint density at radius 1 is 0.923 bits per heavy atom. The lowest BCUT2D eigenvalue weighted by molar-refractivity contribution is -0.216. The summed E-state index contributed by atoms with van der Waals surface area (Å²) in [6.07, 6.45) is 9.86. The third-order valence-corrected chi connectivity index (χ3v) is 18.2. The van der Waals surface area contributed by atoms with Gasteiger partial charge in [-0.2, -0.15) is 0 Å². The van der Waals surface area contributed by atoms with Crippen LogP contribution in [0.2, 0.25) is 0 Å². The van der Waals surface area contributed by atoms with Gasteiger partial charge in [0.1, 0.15) is 17.7 Å². The molecule has 5 saturated carbocycles. The maximum Gasteiger partial charge on any atom is 0.410 e. The van der Waals surface area contributed by atoms with Gasteiger partial charge in [0.25, 0.3) is 0 Å². The number of ether oxygens (including phenoxy) is 3. The van der Waals surface area contributed by atoms with Crippen LogP contribution in [0.15, 0.2) is 0 Å². The van der Waals surface area contributed by atoms with Crippen molar-refractivity contribution >= 4 is 12.1 Å². The third kappa shape index (κ3) is 5.50. The summed E-state index contributed by atoms with van der Waals surface area (Å²) in [6.45, 7) is 28.0. The van der Waals surface area contributed by atoms with E-state index < -0.39 is 23.3 Å². The Morgan fingerprint density at radius 3 is 2.15 bits per heavy atom. The Balaban J connectivity index is 1.21. The molecule has 8 nitrogen and oxygen atoms in total. The molecule has 1 heterocycles. The van der Waals surface area contributed by atoms with Crippen LogP contribution in [-0.4, -0.2) is 75.9 Å². The van der Waals surface area contributed by atoms with Crippen LogP contribution in [0.4, 0.5) is 4.79 Å². The molecule has 1 aliphatic heterocycles. The molecule has 52 heavy (non-hydrogen) atoms. The highest BCUT2D eigenvalue weighted by Gasteiger charge is 2.86. The SMILES string of the molecule is CCC(C)(C)OC(=O)N(C)[C@H](C(=O)OC1CCC23CC24CC[C@]2(C)C([C@@H](C)C5CC[C@@H](C(C)(C)O)O5)[C@@H](O)C[C@@]2(C)C4CC[C@@]3(C)C1(C)C)C(C)C. The predicted octanol–water partition coefficient (Wildman–Crippen LogP) is 8.93. The molecular weight excluding hydrogens is 654 g/mol. The molecule has 0 bridgehead atoms. The van der Waals surface area contributed by atoms with E-state index in [0.29, 0.717) is 12.3 Å². The minimum Gasteiger partial charge on any atom is -0.460 e. The van der Waals surface area contributed by atoms with Gasteiger partial charge in [-0.1, -0.05) is 62.3 Å². The van der Waals surface area contributed by atoms with Crippen molar-refractivity contribution in [2.24, 2.45) is 56.2 Å². The highest BCUT2D eigenvalue weighted by Crippen LogP contribution is 2.92. The average Bonchev–Trinajstić information content (AvgIpc) is 3.31. The first-order valence-corrected chi connectivity index (χ1v) is 21.0. The summed E-state index contributed by atoms with van der Waals surface area (Å²) in [5.74, 6) is 0.496. The molecule has 1 saturated heterocycles. The zero-order valence-electron chi connectivity index (χ0n) is 35.4. The number of carbonyl (C=O) groups is 2. The van der Waals surface area contributed by atoms with Gasteiger partial charge in [0.15, 0.2) is 0 Å². The maximum atomic E-state index is 14.1. The molecule has 6 rings (SSSR count). The van der Waals surface area contributed by atoms with Crippen LogP contribution in [0, 0.1) is 56.2 Å². The number of hydrogen-bond donors (Lipinski definition) is 2. The second kappa shape index (κ2) is 12.6. The van der Waals surface area contributed by atoms with Crippen molar-refractivity contribution in [3.8, 4) is 0 Å². The first-order valence-electron chi connectivity index (χ1n) is 21.0. The number of carbonyl (C=O) groups excluding carboxylic acids is 2. The fourth-order valence-corrected chi connectivity index (χ4v) is 14.3. The molecule has 0 aromatic carbocycles. The van der Waals surface area contributed by atoms with Crippen LogP contribution >= 0.6 is 0 Å². The number of aliphatic hydroxyl groups excluding tert-OH is 1. The van der Waals surface area contributed by atoms with Gasteiger partial charge in [-0.05, 0) is 149 Å². The van der Waals surface area contributed by atoms with E-state index in [1.807, 2.05) is 48.5 Å². The Bertz CT molecular complexity index is 1400. The lowest BCUT2D eigenvalue weighted by Crippen LogP contribution is -2.62. The van der Waals surface area contributed by atoms with Gasteiger partial charge < -0.3 is 24.4 Å². The Hall–Kier alpha value is -1.38. The summed E-state index contributed by atoms with van der Waals surface area (Å²) < 4.78 is 18.9. The molecular formula is C44H75NO7. The number of amides is 1. The van der Waals surface area contributed by atoms with Crippen molar-refractivity contribution in [3.05, 3.63) is 0 Å². The van der Waals surface area contributed by atoms with Gasteiger partial charge in [-0.15, -0.1) is 0 Å². The van der Waals surface area contributed by atoms with Crippen LogP contribution in [0.5, 0.6) is 0 Å². The van der Waals surface area contributed by atoms with Crippen LogP contribution < -0.4 is 0 Å². The van der Waals surface area contributed by atoms with Crippen LogP contribution in [0.3, 0.4) is 0 Å². The first-order chi connectivity index (χ1) is 23.8. The van der Waals surface area contributed by atoms with Gasteiger partial charge in [0.2, 0.25) is 0 Å². The molecule has 2 N–H and O–H groups in total.